The summed E-state index contributed by atoms with van der Waals surface area (Å²) in [5.41, 5.74) is 0. The molecule has 0 spiro atoms. The van der Waals surface area contributed by atoms with Gasteiger partial charge in [0, 0.05) is 13.1 Å². The monoisotopic (exact) mass is 308 g/mol. The second-order valence-corrected chi connectivity index (χ2v) is 6.79. The van der Waals surface area contributed by atoms with Crippen molar-refractivity contribution in [3.8, 4) is 0 Å². The fourth-order valence-corrected chi connectivity index (χ4v) is 4.85. The Hall–Kier alpha value is 0.110. The van der Waals surface area contributed by atoms with Crippen LogP contribution in [0.5, 0.6) is 0 Å². The minimum Gasteiger partial charge on any atom is -0.286 e. The summed E-state index contributed by atoms with van der Waals surface area (Å²) in [6.07, 6.45) is 3.02. The van der Waals surface area contributed by atoms with Gasteiger partial charge in [-0.3, -0.25) is 9.59 Å². The van der Waals surface area contributed by atoms with Gasteiger partial charge in [-0.25, -0.2) is 4.21 Å². The van der Waals surface area contributed by atoms with Gasteiger partial charge in [0.05, 0.1) is 12.1 Å². The molecule has 2 atom stereocenters. The highest BCUT2D eigenvalue weighted by Gasteiger charge is 2.40. The van der Waals surface area contributed by atoms with Gasteiger partial charge >= 0.3 is 0 Å². The van der Waals surface area contributed by atoms with E-state index in [4.69, 9.17) is 0 Å². The summed E-state index contributed by atoms with van der Waals surface area (Å²) in [6, 6.07) is -0.795. The van der Waals surface area contributed by atoms with E-state index in [1.54, 1.807) is 8.61 Å². The Balaban J connectivity index is 2.11. The van der Waals surface area contributed by atoms with Crippen LogP contribution in [0.1, 0.15) is 25.7 Å². The maximum atomic E-state index is 12.5. The van der Waals surface area contributed by atoms with Gasteiger partial charge in [0.1, 0.15) is 0 Å². The topological polar surface area (TPSA) is 57.7 Å². The number of carbonyl (C=O) groups is 2. The third kappa shape index (κ3) is 2.82. The molecule has 0 unspecified atom stereocenters. The van der Waals surface area contributed by atoms with Crippen molar-refractivity contribution in [2.24, 2.45) is 0 Å². The highest BCUT2D eigenvalue weighted by atomic mass is 32.2. The fraction of sp³-hybridized carbons (Fsp3) is 0.800. The quantitative estimate of drug-likeness (QED) is 0.740. The van der Waals surface area contributed by atoms with Crippen molar-refractivity contribution in [3.63, 3.8) is 0 Å². The van der Waals surface area contributed by atoms with Gasteiger partial charge in [-0.2, -0.15) is 8.61 Å². The molecule has 0 aromatic heterocycles. The van der Waals surface area contributed by atoms with Crippen LogP contribution in [0, 0.1) is 0 Å². The number of nitrogens with zero attached hydrogens (tertiary/aromatic N) is 2. The average Bonchev–Trinajstić information content (AvgIpc) is 2.97. The third-order valence-electron chi connectivity index (χ3n) is 3.38. The molecular weight excluding hydrogens is 292 g/mol. The van der Waals surface area contributed by atoms with Gasteiger partial charge in [0.2, 0.25) is 10.2 Å². The van der Waals surface area contributed by atoms with Crippen LogP contribution in [0.2, 0.25) is 0 Å². The Bertz CT molecular complexity index is 357. The fourth-order valence-electron chi connectivity index (χ4n) is 2.48. The number of carbonyl (C=O) groups excluding carboxylic acids is 2. The van der Waals surface area contributed by atoms with Crippen LogP contribution < -0.4 is 0 Å². The molecule has 5 nitrogen and oxygen atoms in total. The average molecular weight is 308 g/mol. The second kappa shape index (κ2) is 6.04. The summed E-state index contributed by atoms with van der Waals surface area (Å²) in [5, 5.41) is -0.511. The van der Waals surface area contributed by atoms with Crippen LogP contribution in [0.4, 0.5) is 0 Å². The van der Waals surface area contributed by atoms with E-state index in [-0.39, 0.29) is 10.2 Å². The molecule has 0 radical (unpaired) electrons. The first-order chi connectivity index (χ1) is 8.52. The standard InChI is InChI=1S/C10H16N2O3S3/c13-9(16)7-3-1-5-11(7)18(15)12-6-2-4-8(12)10(14)17/h7-8H,1-6H2,(H,13,16)(H,14,17)/t7-,8-/m0/s1. The number of rotatable bonds is 4. The van der Waals surface area contributed by atoms with E-state index in [2.05, 4.69) is 25.3 Å². The van der Waals surface area contributed by atoms with Crippen molar-refractivity contribution in [2.45, 2.75) is 37.8 Å². The smallest absolute Gasteiger partial charge is 0.204 e. The first-order valence-corrected chi connectivity index (χ1v) is 7.89. The van der Waals surface area contributed by atoms with Crippen molar-refractivity contribution in [1.29, 1.82) is 0 Å². The molecule has 2 heterocycles. The van der Waals surface area contributed by atoms with Crippen molar-refractivity contribution in [3.05, 3.63) is 0 Å². The lowest BCUT2D eigenvalue weighted by atomic mass is 10.2. The van der Waals surface area contributed by atoms with E-state index in [0.717, 1.165) is 12.8 Å². The molecule has 18 heavy (non-hydrogen) atoms. The minimum atomic E-state index is -1.44. The lowest BCUT2D eigenvalue weighted by Gasteiger charge is -2.28. The van der Waals surface area contributed by atoms with E-state index in [1.807, 2.05) is 0 Å². The number of thiol groups is 2. The molecule has 0 bridgehead atoms. The molecule has 0 amide bonds. The summed E-state index contributed by atoms with van der Waals surface area (Å²) in [6.45, 7) is 1.21. The lowest BCUT2D eigenvalue weighted by Crippen LogP contribution is -2.46. The van der Waals surface area contributed by atoms with Crippen LogP contribution >= 0.6 is 25.3 Å². The first kappa shape index (κ1) is 14.5. The third-order valence-corrected chi connectivity index (χ3v) is 5.65. The van der Waals surface area contributed by atoms with Crippen molar-refractivity contribution >= 4 is 46.7 Å². The summed E-state index contributed by atoms with van der Waals surface area (Å²) < 4.78 is 15.8. The van der Waals surface area contributed by atoms with Crippen LogP contribution in [0.15, 0.2) is 0 Å². The normalized spacial score (nSPS) is 30.2. The van der Waals surface area contributed by atoms with E-state index in [9.17, 15) is 13.8 Å². The van der Waals surface area contributed by atoms with Crippen molar-refractivity contribution in [2.75, 3.05) is 13.1 Å². The van der Waals surface area contributed by atoms with Gasteiger partial charge < -0.3 is 0 Å². The maximum Gasteiger partial charge on any atom is 0.204 e. The SMILES string of the molecule is O=C(S)[C@@H]1CCCN1S(=O)N1CCC[C@H]1C(=O)S. The Kier molecular flexibility index (Phi) is 4.87. The Labute approximate surface area is 120 Å². The zero-order valence-electron chi connectivity index (χ0n) is 9.82. The summed E-state index contributed by atoms with van der Waals surface area (Å²) in [4.78, 5) is 22.8. The Morgan fingerprint density at radius 2 is 1.33 bits per heavy atom. The summed E-state index contributed by atoms with van der Waals surface area (Å²) in [7, 11) is 0. The Morgan fingerprint density at radius 3 is 1.67 bits per heavy atom. The molecule has 2 rings (SSSR count). The van der Waals surface area contributed by atoms with Gasteiger partial charge in [0.25, 0.3) is 0 Å². The van der Waals surface area contributed by atoms with Gasteiger partial charge in [0.15, 0.2) is 11.2 Å². The zero-order valence-corrected chi connectivity index (χ0v) is 12.4. The highest BCUT2D eigenvalue weighted by Crippen LogP contribution is 2.27. The molecule has 0 aliphatic carbocycles. The highest BCUT2D eigenvalue weighted by molar-refractivity contribution is 7.97. The minimum absolute atomic E-state index is 0.256. The summed E-state index contributed by atoms with van der Waals surface area (Å²) in [5.74, 6) is 0. The molecule has 2 fully saturated rings. The largest absolute Gasteiger partial charge is 0.286 e. The lowest BCUT2D eigenvalue weighted by molar-refractivity contribution is -0.113. The van der Waals surface area contributed by atoms with Gasteiger partial charge in [-0.15, -0.1) is 25.3 Å². The van der Waals surface area contributed by atoms with Crippen molar-refractivity contribution in [1.82, 2.24) is 8.61 Å². The van der Waals surface area contributed by atoms with Crippen LogP contribution in [-0.4, -0.2) is 48.2 Å². The maximum absolute atomic E-state index is 12.5. The first-order valence-electron chi connectivity index (χ1n) is 5.93. The molecule has 2 saturated heterocycles. The van der Waals surface area contributed by atoms with E-state index < -0.39 is 23.3 Å². The van der Waals surface area contributed by atoms with Crippen LogP contribution in [0.25, 0.3) is 0 Å². The molecule has 0 saturated carbocycles. The molecule has 2 aliphatic heterocycles. The molecule has 0 aromatic carbocycles. The number of hydrogen-bond acceptors (Lipinski definition) is 3. The van der Waals surface area contributed by atoms with Crippen molar-refractivity contribution < 1.29 is 13.8 Å². The zero-order chi connectivity index (χ0) is 13.3. The van der Waals surface area contributed by atoms with Crippen LogP contribution in [-0.2, 0) is 20.8 Å². The molecule has 0 aromatic rings. The number of hydrogen-bond donors (Lipinski definition) is 2. The molecule has 102 valence electrons. The molecule has 2 aliphatic rings. The molecule has 8 heteroatoms. The molecule has 0 N–H and O–H groups in total. The second-order valence-electron chi connectivity index (χ2n) is 4.50. The van der Waals surface area contributed by atoms with Gasteiger partial charge in [-0.05, 0) is 25.7 Å². The predicted molar refractivity (Wildman–Crippen MR) is 75.6 cm³/mol. The molecular formula is C10H16N2O3S3. The van der Waals surface area contributed by atoms with E-state index >= 15 is 0 Å². The summed E-state index contributed by atoms with van der Waals surface area (Å²) >= 11 is 6.23. The van der Waals surface area contributed by atoms with Gasteiger partial charge in [-0.1, -0.05) is 0 Å². The van der Waals surface area contributed by atoms with E-state index in [0.29, 0.717) is 25.9 Å². The Morgan fingerprint density at radius 1 is 0.944 bits per heavy atom. The van der Waals surface area contributed by atoms with E-state index in [1.165, 1.54) is 0 Å². The predicted octanol–water partition coefficient (Wildman–Crippen LogP) is 0.407. The van der Waals surface area contributed by atoms with Crippen LogP contribution in [0.3, 0.4) is 0 Å².